The van der Waals surface area contributed by atoms with E-state index in [4.69, 9.17) is 19.3 Å². The Kier molecular flexibility index (Phi) is 16.5. The Bertz CT molecular complexity index is 1090. The molecule has 9 unspecified atom stereocenters. The van der Waals surface area contributed by atoms with Gasteiger partial charge >= 0.3 is 11.9 Å². The number of aliphatic hydroxyl groups is 2. The van der Waals surface area contributed by atoms with Gasteiger partial charge in [0.25, 0.3) is 0 Å². The van der Waals surface area contributed by atoms with Crippen molar-refractivity contribution >= 4 is 11.9 Å². The summed E-state index contributed by atoms with van der Waals surface area (Å²) in [6.07, 6.45) is 5.62. The van der Waals surface area contributed by atoms with E-state index in [0.717, 1.165) is 12.0 Å². The first-order chi connectivity index (χ1) is 20.6. The van der Waals surface area contributed by atoms with Crippen LogP contribution < -0.4 is 0 Å². The van der Waals surface area contributed by atoms with Crippen molar-refractivity contribution in [2.75, 3.05) is 7.11 Å². The first-order valence-electron chi connectivity index (χ1n) is 15.0. The second-order valence-electron chi connectivity index (χ2n) is 11.9. The average molecular weight is 623 g/mol. The molecule has 0 aromatic rings. The fourth-order valence-electron chi connectivity index (χ4n) is 5.30. The topological polar surface area (TPSA) is 204 Å². The fourth-order valence-corrected chi connectivity index (χ4v) is 5.30. The largest absolute Gasteiger partial charge is 0.481 e. The van der Waals surface area contributed by atoms with Crippen LogP contribution in [0.1, 0.15) is 74.1 Å². The molecule has 1 rings (SSSR count). The molecule has 1 aliphatic heterocycles. The van der Waals surface area contributed by atoms with Gasteiger partial charge in [-0.05, 0) is 50.6 Å². The van der Waals surface area contributed by atoms with Crippen molar-refractivity contribution in [2.24, 2.45) is 28.0 Å². The Balaban J connectivity index is 3.00. The number of hydrogen-bond donors (Lipinski definition) is 3. The van der Waals surface area contributed by atoms with Gasteiger partial charge in [0, 0.05) is 30.8 Å². The third-order valence-corrected chi connectivity index (χ3v) is 8.26. The quantitative estimate of drug-likeness (QED) is 0.0223. The molecule has 248 valence electrons. The number of methoxy groups -OCH3 is 1. The Morgan fingerprint density at radius 2 is 1.77 bits per heavy atom. The smallest absolute Gasteiger partial charge is 0.305 e. The van der Waals surface area contributed by atoms with E-state index in [1.165, 1.54) is 19.9 Å². The summed E-state index contributed by atoms with van der Waals surface area (Å²) in [6.45, 7) is 12.3. The molecule has 0 aromatic heterocycles. The standard InChI is InChI=1S/C31H50N4O9/c1-9-24(42-8)21(5)29-30(44-29)28(40)20(4)12-10-11-18(2)27(33-35-32)19(3)13-14-25(43-22(6)36)31(7,34-41)16-15-23(37)17-26(38)39/h10-14,19-21,23-25,27-30,37,40H,9,15-17H2,1-8H3,(H,38,39)/b12-10+,14-13+,18-11+/t19-,20?,21?,23?,24?,25?,27-,28?,29?,30?,31?/m0/s1. The minimum atomic E-state index is -1.48. The Labute approximate surface area is 259 Å². The SMILES string of the molecule is CCC(OC)C(C)C1OC1C(O)C(C)/C=C/C=C(\C)[C@H](N=[N+]=[N-])[C@@H](C)/C=C/C(OC(C)=O)C(C)(CCC(O)CC(=O)O)N=O. The van der Waals surface area contributed by atoms with Crippen molar-refractivity contribution in [3.05, 3.63) is 51.3 Å². The van der Waals surface area contributed by atoms with Crippen molar-refractivity contribution in [3.63, 3.8) is 0 Å². The number of nitroso groups, excluding NO2 is 1. The maximum absolute atomic E-state index is 11.9. The van der Waals surface area contributed by atoms with Crippen LogP contribution in [0, 0.1) is 22.7 Å². The van der Waals surface area contributed by atoms with Crippen LogP contribution in [-0.4, -0.2) is 82.6 Å². The summed E-state index contributed by atoms with van der Waals surface area (Å²) in [5.41, 5.74) is 8.47. The molecule has 0 amide bonds. The summed E-state index contributed by atoms with van der Waals surface area (Å²) >= 11 is 0. The lowest BCUT2D eigenvalue weighted by molar-refractivity contribution is -0.147. The van der Waals surface area contributed by atoms with Crippen LogP contribution in [0.3, 0.4) is 0 Å². The van der Waals surface area contributed by atoms with Gasteiger partial charge in [-0.25, -0.2) is 0 Å². The molecule has 1 saturated heterocycles. The van der Waals surface area contributed by atoms with E-state index in [9.17, 15) is 30.2 Å². The fraction of sp³-hybridized carbons (Fsp3) is 0.742. The molecule has 1 aliphatic rings. The summed E-state index contributed by atoms with van der Waals surface area (Å²) < 4.78 is 16.7. The molecule has 1 fully saturated rings. The van der Waals surface area contributed by atoms with Gasteiger partial charge in [-0.15, -0.1) is 0 Å². The number of epoxide rings is 1. The summed E-state index contributed by atoms with van der Waals surface area (Å²) in [4.78, 5) is 37.5. The van der Waals surface area contributed by atoms with Crippen LogP contribution in [0.25, 0.3) is 10.4 Å². The number of ether oxygens (including phenoxy) is 3. The molecule has 0 saturated carbocycles. The average Bonchev–Trinajstić information content (AvgIpc) is 3.77. The number of carbonyl (C=O) groups is 2. The molecule has 3 N–H and O–H groups in total. The molecule has 13 nitrogen and oxygen atoms in total. The van der Waals surface area contributed by atoms with Crippen LogP contribution in [0.5, 0.6) is 0 Å². The van der Waals surface area contributed by atoms with Gasteiger partial charge in [-0.3, -0.25) is 9.59 Å². The highest BCUT2D eigenvalue weighted by atomic mass is 16.6. The van der Waals surface area contributed by atoms with E-state index in [0.29, 0.717) is 0 Å². The normalized spacial score (nSPS) is 23.8. The van der Waals surface area contributed by atoms with Crippen molar-refractivity contribution in [1.82, 2.24) is 0 Å². The molecule has 44 heavy (non-hydrogen) atoms. The molecular formula is C31H50N4O9. The van der Waals surface area contributed by atoms with Gasteiger partial charge in [0.1, 0.15) is 17.7 Å². The second kappa shape index (κ2) is 18.7. The minimum Gasteiger partial charge on any atom is -0.481 e. The van der Waals surface area contributed by atoms with E-state index >= 15 is 0 Å². The maximum Gasteiger partial charge on any atom is 0.305 e. The van der Waals surface area contributed by atoms with Gasteiger partial charge in [0.2, 0.25) is 0 Å². The van der Waals surface area contributed by atoms with E-state index in [1.807, 2.05) is 13.0 Å². The van der Waals surface area contributed by atoms with Crippen LogP contribution in [0.4, 0.5) is 0 Å². The number of hydrogen-bond acceptors (Lipinski definition) is 10. The third kappa shape index (κ3) is 12.1. The third-order valence-electron chi connectivity index (χ3n) is 8.26. The lowest BCUT2D eigenvalue weighted by Crippen LogP contribution is -2.40. The highest BCUT2D eigenvalue weighted by Crippen LogP contribution is 2.37. The zero-order valence-electron chi connectivity index (χ0n) is 27.1. The molecule has 13 heteroatoms. The molecule has 0 radical (unpaired) electrons. The van der Waals surface area contributed by atoms with Crippen molar-refractivity contribution in [3.8, 4) is 0 Å². The summed E-state index contributed by atoms with van der Waals surface area (Å²) in [5.74, 6) is -2.27. The van der Waals surface area contributed by atoms with Crippen LogP contribution >= 0.6 is 0 Å². The summed E-state index contributed by atoms with van der Waals surface area (Å²) in [5, 5.41) is 36.7. The molecule has 0 aliphatic carbocycles. The number of carboxylic acid groups (broad SMARTS) is 1. The second-order valence-corrected chi connectivity index (χ2v) is 11.9. The number of esters is 1. The molecule has 0 bridgehead atoms. The number of carbonyl (C=O) groups excluding carboxylic acids is 1. The van der Waals surface area contributed by atoms with Gasteiger partial charge in [0.15, 0.2) is 0 Å². The lowest BCUT2D eigenvalue weighted by Gasteiger charge is -2.30. The molecule has 0 aromatic carbocycles. The summed E-state index contributed by atoms with van der Waals surface area (Å²) in [6, 6.07) is -0.621. The number of azide groups is 1. The van der Waals surface area contributed by atoms with E-state index in [-0.39, 0.29) is 48.9 Å². The van der Waals surface area contributed by atoms with Gasteiger partial charge in [0.05, 0.1) is 36.9 Å². The first kappa shape index (κ1) is 38.9. The lowest BCUT2D eigenvalue weighted by atomic mass is 9.86. The van der Waals surface area contributed by atoms with Crippen molar-refractivity contribution in [1.29, 1.82) is 0 Å². The van der Waals surface area contributed by atoms with Crippen LogP contribution in [0.2, 0.25) is 0 Å². The number of carboxylic acids is 1. The first-order valence-corrected chi connectivity index (χ1v) is 15.0. The molecule has 1 heterocycles. The van der Waals surface area contributed by atoms with Gasteiger partial charge < -0.3 is 29.5 Å². The Morgan fingerprint density at radius 1 is 1.11 bits per heavy atom. The number of aliphatic carboxylic acids is 1. The predicted octanol–water partition coefficient (Wildman–Crippen LogP) is 5.26. The predicted molar refractivity (Wildman–Crippen MR) is 165 cm³/mol. The van der Waals surface area contributed by atoms with Crippen molar-refractivity contribution < 1.29 is 39.1 Å². The highest BCUT2D eigenvalue weighted by Gasteiger charge is 2.50. The maximum atomic E-state index is 11.9. The van der Waals surface area contributed by atoms with E-state index in [2.05, 4.69) is 29.1 Å². The van der Waals surface area contributed by atoms with E-state index in [1.54, 1.807) is 39.2 Å². The Morgan fingerprint density at radius 3 is 2.30 bits per heavy atom. The Hall–Kier alpha value is -3.09. The zero-order valence-corrected chi connectivity index (χ0v) is 27.1. The van der Waals surface area contributed by atoms with Crippen LogP contribution in [0.15, 0.2) is 46.2 Å². The molecule has 11 atom stereocenters. The number of allylic oxidation sites excluding steroid dienone is 2. The molecular weight excluding hydrogens is 572 g/mol. The minimum absolute atomic E-state index is 0.0354. The number of aliphatic hydroxyl groups excluding tert-OH is 2. The highest BCUT2D eigenvalue weighted by molar-refractivity contribution is 5.67. The number of nitrogens with zero attached hydrogens (tertiary/aromatic N) is 4. The van der Waals surface area contributed by atoms with Crippen LogP contribution in [-0.2, 0) is 23.8 Å². The zero-order chi connectivity index (χ0) is 33.6. The van der Waals surface area contributed by atoms with Crippen molar-refractivity contribution in [2.45, 2.75) is 122 Å². The van der Waals surface area contributed by atoms with Gasteiger partial charge in [-0.2, -0.15) is 4.91 Å². The molecule has 0 spiro atoms. The number of rotatable bonds is 21. The van der Waals surface area contributed by atoms with Gasteiger partial charge in [-0.1, -0.05) is 67.9 Å². The van der Waals surface area contributed by atoms with E-state index < -0.39 is 48.3 Å². The summed E-state index contributed by atoms with van der Waals surface area (Å²) in [7, 11) is 1.68. The monoisotopic (exact) mass is 622 g/mol.